The Kier molecular flexibility index (Phi) is 7.30. The number of hydrogen-bond donors (Lipinski definition) is 1. The van der Waals surface area contributed by atoms with Gasteiger partial charge in [-0.05, 0) is 54.2 Å². The lowest BCUT2D eigenvalue weighted by molar-refractivity contribution is -0.139. The predicted molar refractivity (Wildman–Crippen MR) is 153 cm³/mol. The van der Waals surface area contributed by atoms with Gasteiger partial charge in [0.25, 0.3) is 0 Å². The number of allylic oxidation sites excluding steroid dienone is 3. The van der Waals surface area contributed by atoms with Crippen molar-refractivity contribution in [2.75, 3.05) is 13.4 Å². The van der Waals surface area contributed by atoms with Crippen LogP contribution < -0.4 is 14.8 Å². The molecule has 2 heterocycles. The molecule has 0 aromatic heterocycles. The summed E-state index contributed by atoms with van der Waals surface area (Å²) in [5.74, 6) is -0.204. The van der Waals surface area contributed by atoms with Crippen molar-refractivity contribution in [2.24, 2.45) is 0 Å². The molecule has 0 spiro atoms. The van der Waals surface area contributed by atoms with Crippen molar-refractivity contribution in [3.63, 3.8) is 0 Å². The van der Waals surface area contributed by atoms with E-state index in [1.807, 2.05) is 61.5 Å². The number of hydrogen-bond acceptors (Lipinski definition) is 6. The first-order valence-corrected chi connectivity index (χ1v) is 13.9. The van der Waals surface area contributed by atoms with Gasteiger partial charge >= 0.3 is 5.97 Å². The first-order chi connectivity index (χ1) is 19.4. The van der Waals surface area contributed by atoms with Gasteiger partial charge in [0.05, 0.1) is 12.2 Å². The van der Waals surface area contributed by atoms with Crippen molar-refractivity contribution in [1.29, 1.82) is 0 Å². The molecule has 8 heteroatoms. The number of carbonyl (C=O) groups excluding carboxylic acids is 2. The number of rotatable bonds is 6. The topological polar surface area (TPSA) is 73.9 Å². The average Bonchev–Trinajstić information content (AvgIpc) is 3.40. The second-order valence-electron chi connectivity index (χ2n) is 10.2. The quantitative estimate of drug-likeness (QED) is 0.323. The average molecular weight is 576 g/mol. The zero-order valence-corrected chi connectivity index (χ0v) is 23.4. The molecule has 0 fully saturated rings. The molecule has 3 aromatic rings. The number of dihydropyridines is 1. The second kappa shape index (κ2) is 11.0. The van der Waals surface area contributed by atoms with Gasteiger partial charge in [-0.25, -0.2) is 4.79 Å². The van der Waals surface area contributed by atoms with Crippen LogP contribution in [0.2, 0.25) is 10.0 Å². The highest BCUT2D eigenvalue weighted by Gasteiger charge is 2.42. The lowest BCUT2D eigenvalue weighted by atomic mass is 9.71. The molecule has 0 radical (unpaired) electrons. The highest BCUT2D eigenvalue weighted by Crippen LogP contribution is 2.49. The largest absolute Gasteiger partial charge is 0.462 e. The monoisotopic (exact) mass is 575 g/mol. The molecule has 3 aromatic carbocycles. The van der Waals surface area contributed by atoms with Gasteiger partial charge < -0.3 is 19.5 Å². The summed E-state index contributed by atoms with van der Waals surface area (Å²) in [5.41, 5.74) is 5.03. The zero-order valence-electron chi connectivity index (χ0n) is 21.8. The van der Waals surface area contributed by atoms with Gasteiger partial charge in [0.1, 0.15) is 0 Å². The molecule has 6 rings (SSSR count). The minimum absolute atomic E-state index is 0.0175. The molecule has 2 atom stereocenters. The van der Waals surface area contributed by atoms with Gasteiger partial charge in [-0.2, -0.15) is 0 Å². The van der Waals surface area contributed by atoms with E-state index in [4.69, 9.17) is 37.4 Å². The Labute approximate surface area is 242 Å². The standard InChI is InChI=1S/C32H27Cl2NO5/c1-18-29(32(37)38-12-11-19-5-3-2-4-6-19)30(23-15-27-28(16-24(23)34)40-17-39-27)31-25(35-18)13-21(14-26(31)36)20-7-9-22(33)10-8-20/h2-10,15-16,21,30,35H,11-14,17H2,1H3/t21-,30-/m1/s1. The van der Waals surface area contributed by atoms with E-state index in [-0.39, 0.29) is 25.1 Å². The third-order valence-corrected chi connectivity index (χ3v) is 8.24. The molecular formula is C32H27Cl2NO5. The molecule has 1 N–H and O–H groups in total. The van der Waals surface area contributed by atoms with E-state index in [9.17, 15) is 9.59 Å². The maximum atomic E-state index is 13.9. The predicted octanol–water partition coefficient (Wildman–Crippen LogP) is 6.87. The Bertz CT molecular complexity index is 1550. The van der Waals surface area contributed by atoms with E-state index in [0.717, 1.165) is 16.8 Å². The molecular weight excluding hydrogens is 549 g/mol. The first-order valence-electron chi connectivity index (χ1n) is 13.2. The van der Waals surface area contributed by atoms with Gasteiger partial charge in [-0.3, -0.25) is 4.79 Å². The maximum Gasteiger partial charge on any atom is 0.336 e. The van der Waals surface area contributed by atoms with Crippen LogP contribution >= 0.6 is 23.2 Å². The summed E-state index contributed by atoms with van der Waals surface area (Å²) in [4.78, 5) is 27.5. The molecule has 0 amide bonds. The third kappa shape index (κ3) is 5.09. The summed E-state index contributed by atoms with van der Waals surface area (Å²) in [7, 11) is 0. The number of Topliss-reactive ketones (excluding diaryl/α,β-unsaturated/α-hetero) is 1. The molecule has 0 unspecified atom stereocenters. The minimum atomic E-state index is -0.707. The molecule has 0 bridgehead atoms. The van der Waals surface area contributed by atoms with Crippen molar-refractivity contribution in [3.05, 3.63) is 116 Å². The molecule has 0 saturated heterocycles. The van der Waals surface area contributed by atoms with Crippen LogP contribution in [0.4, 0.5) is 0 Å². The first kappa shape index (κ1) is 26.5. The number of benzene rings is 3. The van der Waals surface area contributed by atoms with Gasteiger partial charge in [0, 0.05) is 51.8 Å². The number of ketones is 1. The van der Waals surface area contributed by atoms with Crippen molar-refractivity contribution < 1.29 is 23.8 Å². The minimum Gasteiger partial charge on any atom is -0.462 e. The Hall–Kier alpha value is -3.74. The summed E-state index contributed by atoms with van der Waals surface area (Å²) in [6.07, 6.45) is 1.49. The number of esters is 1. The van der Waals surface area contributed by atoms with Crippen molar-refractivity contribution in [1.82, 2.24) is 5.32 Å². The van der Waals surface area contributed by atoms with Crippen molar-refractivity contribution >= 4 is 35.0 Å². The Morgan fingerprint density at radius 2 is 1.73 bits per heavy atom. The lowest BCUT2D eigenvalue weighted by Gasteiger charge is -2.37. The molecule has 40 heavy (non-hydrogen) atoms. The SMILES string of the molecule is CC1=C(C(=O)OCCc2ccccc2)[C@@H](c2cc3c(cc2Cl)OCO3)C2=C(C[C@@H](c3ccc(Cl)cc3)CC2=O)N1. The molecule has 204 valence electrons. The summed E-state index contributed by atoms with van der Waals surface area (Å²) in [6.45, 7) is 2.13. The van der Waals surface area contributed by atoms with Crippen LogP contribution in [0.3, 0.4) is 0 Å². The van der Waals surface area contributed by atoms with E-state index in [2.05, 4.69) is 5.32 Å². The molecule has 6 nitrogen and oxygen atoms in total. The summed E-state index contributed by atoms with van der Waals surface area (Å²) < 4.78 is 16.9. The van der Waals surface area contributed by atoms with E-state index < -0.39 is 11.9 Å². The smallest absolute Gasteiger partial charge is 0.336 e. The number of fused-ring (bicyclic) bond motifs is 1. The maximum absolute atomic E-state index is 13.9. The summed E-state index contributed by atoms with van der Waals surface area (Å²) in [6, 6.07) is 20.9. The Balaban J connectivity index is 1.36. The lowest BCUT2D eigenvalue weighted by Crippen LogP contribution is -2.36. The number of carbonyl (C=O) groups is 2. The van der Waals surface area contributed by atoms with Gasteiger partial charge in [0.2, 0.25) is 6.79 Å². The van der Waals surface area contributed by atoms with Gasteiger partial charge in [0.15, 0.2) is 17.3 Å². The fourth-order valence-electron chi connectivity index (χ4n) is 5.73. The fraction of sp³-hybridized carbons (Fsp3) is 0.250. The number of halogens is 2. The van der Waals surface area contributed by atoms with Crippen LogP contribution in [0.1, 0.15) is 48.3 Å². The van der Waals surface area contributed by atoms with Crippen molar-refractivity contribution in [2.45, 2.75) is 38.0 Å². The second-order valence-corrected chi connectivity index (χ2v) is 11.0. The van der Waals surface area contributed by atoms with Crippen LogP contribution in [0.5, 0.6) is 11.5 Å². The van der Waals surface area contributed by atoms with Crippen LogP contribution in [0, 0.1) is 0 Å². The highest BCUT2D eigenvalue weighted by atomic mass is 35.5. The van der Waals surface area contributed by atoms with E-state index in [1.54, 1.807) is 12.1 Å². The van der Waals surface area contributed by atoms with Crippen LogP contribution in [-0.4, -0.2) is 25.2 Å². The Morgan fingerprint density at radius 1 is 1.00 bits per heavy atom. The van der Waals surface area contributed by atoms with Gasteiger partial charge in [-0.1, -0.05) is 65.7 Å². The van der Waals surface area contributed by atoms with Crippen molar-refractivity contribution in [3.8, 4) is 11.5 Å². The van der Waals surface area contributed by atoms with E-state index in [0.29, 0.717) is 63.2 Å². The Morgan fingerprint density at radius 3 is 2.48 bits per heavy atom. The van der Waals surface area contributed by atoms with Gasteiger partial charge in [-0.15, -0.1) is 0 Å². The molecule has 1 aliphatic carbocycles. The molecule has 2 aliphatic heterocycles. The molecule has 0 saturated carbocycles. The van der Waals surface area contributed by atoms with Crippen LogP contribution in [0.25, 0.3) is 0 Å². The van der Waals surface area contributed by atoms with E-state index >= 15 is 0 Å². The normalized spacial score (nSPS) is 19.8. The fourth-order valence-corrected chi connectivity index (χ4v) is 6.12. The number of nitrogens with one attached hydrogen (secondary N) is 1. The van der Waals surface area contributed by atoms with Crippen LogP contribution in [-0.2, 0) is 20.7 Å². The summed E-state index contributed by atoms with van der Waals surface area (Å²) in [5, 5.41) is 4.42. The summed E-state index contributed by atoms with van der Waals surface area (Å²) >= 11 is 12.9. The number of ether oxygens (including phenoxy) is 3. The molecule has 3 aliphatic rings. The third-order valence-electron chi connectivity index (χ3n) is 7.66. The highest BCUT2D eigenvalue weighted by molar-refractivity contribution is 6.32. The zero-order chi connectivity index (χ0) is 27.8. The van der Waals surface area contributed by atoms with Crippen LogP contribution in [0.15, 0.2) is 89.3 Å². The van der Waals surface area contributed by atoms with E-state index in [1.165, 1.54) is 0 Å².